The van der Waals surface area contributed by atoms with E-state index in [0.29, 0.717) is 10.8 Å². The van der Waals surface area contributed by atoms with Gasteiger partial charge in [-0.15, -0.1) is 0 Å². The van der Waals surface area contributed by atoms with Gasteiger partial charge in [0.25, 0.3) is 0 Å². The maximum atomic E-state index is 4.14. The molecule has 5 aliphatic carbocycles. The minimum atomic E-state index is 0.524. The van der Waals surface area contributed by atoms with Crippen molar-refractivity contribution >= 4 is 5.71 Å². The molecule has 0 heterocycles. The third-order valence-corrected chi connectivity index (χ3v) is 10.4. The quantitative estimate of drug-likeness (QED) is 0.657. The lowest BCUT2D eigenvalue weighted by Gasteiger charge is -2.59. The van der Waals surface area contributed by atoms with Crippen LogP contribution >= 0.6 is 0 Å². The second-order valence-corrected chi connectivity index (χ2v) is 11.4. The predicted molar refractivity (Wildman–Crippen MR) is 109 cm³/mol. The van der Waals surface area contributed by atoms with Crippen LogP contribution in [-0.2, 0) is 0 Å². The lowest BCUT2D eigenvalue weighted by molar-refractivity contribution is -0.512. The Morgan fingerprint density at radius 1 is 0.731 bits per heavy atom. The fourth-order valence-electron chi connectivity index (χ4n) is 8.84. The van der Waals surface area contributed by atoms with Gasteiger partial charge in [-0.1, -0.05) is 26.2 Å². The molecule has 0 radical (unpaired) electrons. The van der Waals surface area contributed by atoms with Crippen LogP contribution in [0, 0.1) is 34.5 Å². The molecule has 0 aromatic heterocycles. The Balaban J connectivity index is 1.39. The topological polar surface area (TPSA) is 14.0 Å². The average molecular weight is 357 g/mol. The van der Waals surface area contributed by atoms with Gasteiger partial charge in [0.2, 0.25) is 0 Å². The molecule has 1 nitrogen and oxygen atoms in total. The van der Waals surface area contributed by atoms with Crippen molar-refractivity contribution in [3.8, 4) is 0 Å². The number of hydrogen-bond donors (Lipinski definition) is 1. The van der Waals surface area contributed by atoms with Gasteiger partial charge in [-0.2, -0.15) is 0 Å². The van der Waals surface area contributed by atoms with E-state index >= 15 is 0 Å². The van der Waals surface area contributed by atoms with Gasteiger partial charge in [0.15, 0.2) is 11.8 Å². The second-order valence-electron chi connectivity index (χ2n) is 11.4. The summed E-state index contributed by atoms with van der Waals surface area (Å²) in [6.07, 6.45) is 22.3. The lowest BCUT2D eigenvalue weighted by atomic mass is 9.45. The Hall–Kier alpha value is -0.330. The maximum absolute atomic E-state index is 4.14. The van der Waals surface area contributed by atoms with Crippen LogP contribution in [0.15, 0.2) is 0 Å². The molecule has 1 N–H and O–H groups in total. The zero-order chi connectivity index (χ0) is 17.8. The molecule has 0 saturated heterocycles. The first kappa shape index (κ1) is 17.7. The van der Waals surface area contributed by atoms with E-state index in [1.54, 1.807) is 31.4 Å². The summed E-state index contributed by atoms with van der Waals surface area (Å²) in [5.74, 6) is 4.14. The summed E-state index contributed by atoms with van der Waals surface area (Å²) in [6.45, 7) is 5.39. The van der Waals surface area contributed by atoms with Crippen molar-refractivity contribution < 1.29 is 4.99 Å². The molecular weight excluding hydrogens is 314 g/mol. The zero-order valence-corrected chi connectivity index (χ0v) is 17.5. The van der Waals surface area contributed by atoms with Gasteiger partial charge in [-0.3, -0.25) is 0 Å². The monoisotopic (exact) mass is 356 g/mol. The first-order valence-electron chi connectivity index (χ1n) is 12.2. The summed E-state index contributed by atoms with van der Waals surface area (Å²) in [5, 5.41) is 0. The molecule has 6 atom stereocenters. The summed E-state index contributed by atoms with van der Waals surface area (Å²) in [6, 6.07) is 0.804. The summed E-state index contributed by atoms with van der Waals surface area (Å²) < 4.78 is 0. The predicted octanol–water partition coefficient (Wildman–Crippen LogP) is 5.27. The molecule has 26 heavy (non-hydrogen) atoms. The number of rotatable bonds is 1. The van der Waals surface area contributed by atoms with E-state index in [-0.39, 0.29) is 0 Å². The molecule has 0 aromatic rings. The molecule has 0 unspecified atom stereocenters. The van der Waals surface area contributed by atoms with Crippen molar-refractivity contribution in [1.29, 1.82) is 0 Å². The van der Waals surface area contributed by atoms with E-state index in [0.717, 1.165) is 29.7 Å². The van der Waals surface area contributed by atoms with Crippen LogP contribution in [0.4, 0.5) is 0 Å². The van der Waals surface area contributed by atoms with Gasteiger partial charge in [0, 0.05) is 19.3 Å². The highest BCUT2D eigenvalue weighted by molar-refractivity contribution is 5.87. The van der Waals surface area contributed by atoms with E-state index in [1.807, 2.05) is 0 Å². The van der Waals surface area contributed by atoms with Crippen molar-refractivity contribution in [2.75, 3.05) is 0 Å². The molecular formula is C25H42N+. The summed E-state index contributed by atoms with van der Waals surface area (Å²) >= 11 is 0. The Kier molecular flexibility index (Phi) is 4.52. The van der Waals surface area contributed by atoms with Crippen molar-refractivity contribution in [1.82, 2.24) is 0 Å². The van der Waals surface area contributed by atoms with E-state index in [2.05, 4.69) is 18.8 Å². The maximum Gasteiger partial charge on any atom is 0.157 e. The van der Waals surface area contributed by atoms with Crippen LogP contribution in [-0.4, -0.2) is 11.8 Å². The Morgan fingerprint density at radius 3 is 2.38 bits per heavy atom. The first-order valence-corrected chi connectivity index (χ1v) is 12.2. The molecule has 5 aliphatic rings. The highest BCUT2D eigenvalue weighted by atomic mass is 14.8. The molecule has 0 bridgehead atoms. The minimum absolute atomic E-state index is 0.524. The van der Waals surface area contributed by atoms with Gasteiger partial charge in [-0.05, 0) is 93.8 Å². The Morgan fingerprint density at radius 2 is 1.54 bits per heavy atom. The summed E-state index contributed by atoms with van der Waals surface area (Å²) in [4.78, 5) is 4.14. The largest absolute Gasteiger partial charge is 0.246 e. The third-order valence-electron chi connectivity index (χ3n) is 10.4. The fourth-order valence-corrected chi connectivity index (χ4v) is 8.84. The van der Waals surface area contributed by atoms with Gasteiger partial charge in [-0.25, -0.2) is 4.99 Å². The number of nitrogens with one attached hydrogen (secondary N) is 1. The van der Waals surface area contributed by atoms with E-state index in [9.17, 15) is 0 Å². The lowest BCUT2D eigenvalue weighted by Crippen LogP contribution is -2.82. The Bertz CT molecular complexity index is 559. The Labute approximate surface area is 161 Å². The van der Waals surface area contributed by atoms with E-state index in [1.165, 1.54) is 70.6 Å². The normalized spacial score (nSPS) is 50.9. The van der Waals surface area contributed by atoms with Crippen LogP contribution in [0.5, 0.6) is 0 Å². The standard InChI is InChI=1S/C25H41N/c1-24-16-7-6-8-18(24)11-12-20-21-13-14-23(25(21,2)17-15-22(20)24)26-19-9-4-3-5-10-19/h18-22H,3-17H2,1-2H3/p+1/t18-,20-,21-,22-,24-,25-/m0/s1. The molecule has 1 heteroatoms. The van der Waals surface area contributed by atoms with E-state index < -0.39 is 0 Å². The average Bonchev–Trinajstić information content (AvgIpc) is 2.98. The van der Waals surface area contributed by atoms with E-state index in [4.69, 9.17) is 0 Å². The molecule has 0 aromatic carbocycles. The third kappa shape index (κ3) is 2.66. The smallest absolute Gasteiger partial charge is 0.157 e. The fraction of sp³-hybridized carbons (Fsp3) is 0.960. The zero-order valence-electron chi connectivity index (χ0n) is 17.5. The van der Waals surface area contributed by atoms with Gasteiger partial charge in [0.05, 0.1) is 5.41 Å². The highest BCUT2D eigenvalue weighted by Crippen LogP contribution is 2.65. The van der Waals surface area contributed by atoms with Crippen LogP contribution in [0.1, 0.15) is 110 Å². The molecule has 0 spiro atoms. The van der Waals surface area contributed by atoms with Crippen LogP contribution < -0.4 is 4.99 Å². The molecule has 5 rings (SSSR count). The number of hydrogen-bond acceptors (Lipinski definition) is 0. The molecule has 0 aliphatic heterocycles. The molecule has 146 valence electrons. The highest BCUT2D eigenvalue weighted by Gasteiger charge is 2.60. The van der Waals surface area contributed by atoms with Crippen LogP contribution in [0.2, 0.25) is 0 Å². The number of fused-ring (bicyclic) bond motifs is 5. The second kappa shape index (κ2) is 6.63. The van der Waals surface area contributed by atoms with Gasteiger partial charge in [0.1, 0.15) is 0 Å². The molecule has 5 saturated carbocycles. The summed E-state index contributed by atoms with van der Waals surface area (Å²) in [5.41, 5.74) is 3.02. The van der Waals surface area contributed by atoms with Crippen molar-refractivity contribution in [2.45, 2.75) is 116 Å². The molecule has 0 amide bonds. The van der Waals surface area contributed by atoms with Crippen molar-refractivity contribution in [3.63, 3.8) is 0 Å². The summed E-state index contributed by atoms with van der Waals surface area (Å²) in [7, 11) is 0. The van der Waals surface area contributed by atoms with Crippen LogP contribution in [0.3, 0.4) is 0 Å². The van der Waals surface area contributed by atoms with Gasteiger partial charge < -0.3 is 0 Å². The SMILES string of the molecule is C[C@]12CCCC[C@H]1CC[C@@H]1[C@@H]2CC[C@]2(C)C(=[NH+]C3CCCCC3)CC[C@@H]12. The first-order chi connectivity index (χ1) is 12.6. The molecule has 5 fully saturated rings. The minimum Gasteiger partial charge on any atom is -0.246 e. The van der Waals surface area contributed by atoms with Crippen LogP contribution in [0.25, 0.3) is 0 Å². The van der Waals surface area contributed by atoms with Crippen molar-refractivity contribution in [3.05, 3.63) is 0 Å². The van der Waals surface area contributed by atoms with Gasteiger partial charge >= 0.3 is 0 Å². The van der Waals surface area contributed by atoms with Crippen molar-refractivity contribution in [2.24, 2.45) is 34.5 Å².